The number of hydrogen-bond acceptors (Lipinski definition) is 9. The van der Waals surface area contributed by atoms with Crippen LogP contribution in [0.15, 0.2) is 36.8 Å². The van der Waals surface area contributed by atoms with Gasteiger partial charge in [0.25, 0.3) is 5.91 Å². The predicted octanol–water partition coefficient (Wildman–Crippen LogP) is -1.85. The lowest BCUT2D eigenvalue weighted by Gasteiger charge is -2.43. The number of hydrogen-bond donors (Lipinski definition) is 7. The van der Waals surface area contributed by atoms with Gasteiger partial charge in [0.15, 0.2) is 6.04 Å². The van der Waals surface area contributed by atoms with Crippen molar-refractivity contribution < 1.29 is 34.1 Å². The molecule has 2 aromatic rings. The Labute approximate surface area is 237 Å². The number of aromatic amines is 1. The molecular formula is C27H37N7O7. The number of nitrogens with one attached hydrogen (secondary N) is 5. The van der Waals surface area contributed by atoms with Crippen LogP contribution < -0.4 is 26.1 Å². The number of carbonyl (C=O) groups is 4. The average molecular weight is 572 g/mol. The maximum atomic E-state index is 13.9. The second kappa shape index (κ2) is 13.1. The number of hydrazine groups is 1. The van der Waals surface area contributed by atoms with Crippen molar-refractivity contribution in [2.75, 3.05) is 13.7 Å². The van der Waals surface area contributed by atoms with E-state index in [0.717, 1.165) is 5.01 Å². The Morgan fingerprint density at radius 1 is 1.00 bits per heavy atom. The summed E-state index contributed by atoms with van der Waals surface area (Å²) in [7, 11) is 1.53. The molecule has 14 nitrogen and oxygen atoms in total. The van der Waals surface area contributed by atoms with Crippen molar-refractivity contribution in [1.82, 2.24) is 36.4 Å². The van der Waals surface area contributed by atoms with Gasteiger partial charge < -0.3 is 35.9 Å². The van der Waals surface area contributed by atoms with Crippen molar-refractivity contribution in [3.63, 3.8) is 0 Å². The van der Waals surface area contributed by atoms with Gasteiger partial charge in [0.05, 0.1) is 19.5 Å². The normalized spacial score (nSPS) is 28.4. The summed E-state index contributed by atoms with van der Waals surface area (Å²) in [6.07, 6.45) is 0.489. The van der Waals surface area contributed by atoms with Gasteiger partial charge in [0.1, 0.15) is 30.0 Å². The molecule has 1 unspecified atom stereocenters. The number of H-pyrrole nitrogens is 1. The van der Waals surface area contributed by atoms with E-state index < -0.39 is 60.0 Å². The first-order chi connectivity index (χ1) is 19.6. The summed E-state index contributed by atoms with van der Waals surface area (Å²) < 4.78 is 5.19. The summed E-state index contributed by atoms with van der Waals surface area (Å²) in [4.78, 5) is 61.6. The van der Waals surface area contributed by atoms with E-state index in [9.17, 15) is 29.4 Å². The second-order valence-electron chi connectivity index (χ2n) is 10.4. The van der Waals surface area contributed by atoms with Gasteiger partial charge in [-0.25, -0.2) is 10.4 Å². The molecule has 2 aliphatic rings. The lowest BCUT2D eigenvalue weighted by Crippen LogP contribution is -2.72. The quantitative estimate of drug-likeness (QED) is 0.200. The third kappa shape index (κ3) is 6.84. The molecule has 1 aromatic carbocycles. The van der Waals surface area contributed by atoms with Gasteiger partial charge in [0.2, 0.25) is 17.7 Å². The molecule has 2 saturated heterocycles. The molecule has 2 aliphatic heterocycles. The van der Waals surface area contributed by atoms with Crippen LogP contribution in [0.4, 0.5) is 0 Å². The average Bonchev–Trinajstić information content (AvgIpc) is 3.48. The number of aliphatic hydroxyl groups is 2. The van der Waals surface area contributed by atoms with Gasteiger partial charge in [-0.1, -0.05) is 32.4 Å². The van der Waals surface area contributed by atoms with Gasteiger partial charge >= 0.3 is 0 Å². The lowest BCUT2D eigenvalue weighted by atomic mass is 9.95. The SMILES string of the molecule is CCC(C)[C@@H]1NC(=O)[C@H](Cc2ccc(OC)cc2)NC(=O)[C@@H]2[C@@H](O)[C@H](O)CNN2C(=O)[C@H](Cc2cnc[nH]2)NC1=O. The minimum absolute atomic E-state index is 0.00297. The van der Waals surface area contributed by atoms with E-state index in [1.807, 2.05) is 6.92 Å². The number of imidazole rings is 1. The van der Waals surface area contributed by atoms with Crippen molar-refractivity contribution >= 4 is 23.6 Å². The smallest absolute Gasteiger partial charge is 0.260 e. The number of nitrogens with zero attached hydrogens (tertiary/aromatic N) is 2. The molecule has 14 heteroatoms. The summed E-state index contributed by atoms with van der Waals surface area (Å²) in [5.41, 5.74) is 3.94. The second-order valence-corrected chi connectivity index (χ2v) is 10.4. The zero-order valence-corrected chi connectivity index (χ0v) is 23.2. The van der Waals surface area contributed by atoms with Crippen LogP contribution in [0.25, 0.3) is 0 Å². The van der Waals surface area contributed by atoms with Crippen LogP contribution in [-0.4, -0.2) is 98.8 Å². The number of methoxy groups -OCH3 is 1. The number of carbonyl (C=O) groups excluding carboxylic acids is 4. The topological polar surface area (TPSA) is 198 Å². The van der Waals surface area contributed by atoms with Gasteiger partial charge in [-0.05, 0) is 23.6 Å². The highest BCUT2D eigenvalue weighted by atomic mass is 16.5. The van der Waals surface area contributed by atoms with Crippen LogP contribution in [0.2, 0.25) is 0 Å². The molecule has 2 fully saturated rings. The largest absolute Gasteiger partial charge is 0.497 e. The van der Waals surface area contributed by atoms with Crippen molar-refractivity contribution in [2.45, 2.75) is 69.5 Å². The molecule has 4 rings (SSSR count). The van der Waals surface area contributed by atoms with E-state index in [4.69, 9.17) is 4.74 Å². The summed E-state index contributed by atoms with van der Waals surface area (Å²) in [5.74, 6) is -2.44. The summed E-state index contributed by atoms with van der Waals surface area (Å²) in [6.45, 7) is 3.46. The van der Waals surface area contributed by atoms with Crippen molar-refractivity contribution in [1.29, 1.82) is 0 Å². The number of rotatable bonds is 7. The standard InChI is InChI=1S/C27H37N7O7/c1-4-14(2)21-25(38)32-19(10-16-11-28-13-29-16)27(40)34-22(23(36)20(35)12-30-34)26(39)31-18(24(37)33-21)9-15-5-7-17(41-3)8-6-15/h5-8,11,13-14,18-23,30,35-36H,4,9-10,12H2,1-3H3,(H,28,29)(H,31,39)(H,32,38)(H,33,37)/t14?,18-,19-,20+,21-,22-,23-/m0/s1. The highest BCUT2D eigenvalue weighted by Gasteiger charge is 2.47. The maximum absolute atomic E-state index is 13.9. The van der Waals surface area contributed by atoms with Gasteiger partial charge in [-0.2, -0.15) is 0 Å². The Morgan fingerprint density at radius 2 is 1.71 bits per heavy atom. The molecule has 41 heavy (non-hydrogen) atoms. The molecule has 222 valence electrons. The maximum Gasteiger partial charge on any atom is 0.260 e. The number of amides is 4. The third-order valence-corrected chi connectivity index (χ3v) is 7.59. The van der Waals surface area contributed by atoms with Gasteiger partial charge in [0, 0.05) is 31.3 Å². The Balaban J connectivity index is 1.73. The monoisotopic (exact) mass is 571 g/mol. The number of β-amino-alcohol motifs (C(OH)–C–C–N with tert-alkyl or cyclic N) is 1. The first-order valence-electron chi connectivity index (χ1n) is 13.6. The first-order valence-corrected chi connectivity index (χ1v) is 13.6. The Kier molecular flexibility index (Phi) is 9.57. The molecule has 0 radical (unpaired) electrons. The molecule has 7 atom stereocenters. The fraction of sp³-hybridized carbons (Fsp3) is 0.519. The zero-order chi connectivity index (χ0) is 29.7. The van der Waals surface area contributed by atoms with Gasteiger partial charge in [-0.15, -0.1) is 0 Å². The van der Waals surface area contributed by atoms with Crippen LogP contribution in [0.3, 0.4) is 0 Å². The summed E-state index contributed by atoms with van der Waals surface area (Å²) >= 11 is 0. The fourth-order valence-electron chi connectivity index (χ4n) is 4.93. The zero-order valence-electron chi connectivity index (χ0n) is 23.2. The number of fused-ring (bicyclic) bond motifs is 1. The third-order valence-electron chi connectivity index (χ3n) is 7.59. The molecule has 3 heterocycles. The lowest BCUT2D eigenvalue weighted by molar-refractivity contribution is -0.164. The van der Waals surface area contributed by atoms with E-state index in [2.05, 4.69) is 31.3 Å². The minimum Gasteiger partial charge on any atom is -0.497 e. The highest BCUT2D eigenvalue weighted by molar-refractivity contribution is 5.98. The Hall–Kier alpha value is -4.01. The number of benzene rings is 1. The first kappa shape index (κ1) is 30.0. The number of aromatic nitrogens is 2. The van der Waals surface area contributed by atoms with Gasteiger partial charge in [-0.3, -0.25) is 24.2 Å². The molecule has 1 aromatic heterocycles. The van der Waals surface area contributed by atoms with Crippen LogP contribution >= 0.6 is 0 Å². The minimum atomic E-state index is -1.66. The molecule has 0 saturated carbocycles. The van der Waals surface area contributed by atoms with Crippen LogP contribution in [-0.2, 0) is 32.0 Å². The van der Waals surface area contributed by atoms with E-state index in [1.165, 1.54) is 19.6 Å². The van der Waals surface area contributed by atoms with E-state index in [1.54, 1.807) is 31.2 Å². The summed E-state index contributed by atoms with van der Waals surface area (Å²) in [6, 6.07) is 1.95. The van der Waals surface area contributed by atoms with E-state index in [0.29, 0.717) is 23.4 Å². The molecule has 0 aliphatic carbocycles. The molecule has 7 N–H and O–H groups in total. The fourth-order valence-corrected chi connectivity index (χ4v) is 4.93. The number of ether oxygens (including phenoxy) is 1. The van der Waals surface area contributed by atoms with E-state index >= 15 is 0 Å². The van der Waals surface area contributed by atoms with Crippen LogP contribution in [0.5, 0.6) is 5.75 Å². The molecule has 0 spiro atoms. The Morgan fingerprint density at radius 3 is 2.34 bits per heavy atom. The van der Waals surface area contributed by atoms with Crippen molar-refractivity contribution in [2.24, 2.45) is 5.92 Å². The van der Waals surface area contributed by atoms with E-state index in [-0.39, 0.29) is 25.3 Å². The van der Waals surface area contributed by atoms with Crippen LogP contribution in [0, 0.1) is 5.92 Å². The molecular weight excluding hydrogens is 534 g/mol. The molecule has 0 bridgehead atoms. The molecule has 4 amide bonds. The highest BCUT2D eigenvalue weighted by Crippen LogP contribution is 2.19. The van der Waals surface area contributed by atoms with Crippen molar-refractivity contribution in [3.8, 4) is 5.75 Å². The van der Waals surface area contributed by atoms with Crippen molar-refractivity contribution in [3.05, 3.63) is 48.0 Å². The summed E-state index contributed by atoms with van der Waals surface area (Å²) in [5, 5.41) is 30.3. The van der Waals surface area contributed by atoms with Crippen LogP contribution in [0.1, 0.15) is 31.5 Å². The Bertz CT molecular complexity index is 1220. The number of aliphatic hydroxyl groups excluding tert-OH is 2. The predicted molar refractivity (Wildman–Crippen MR) is 145 cm³/mol.